The number of carbonyl (C=O) groups is 3. The third-order valence-electron chi connectivity index (χ3n) is 5.11. The van der Waals surface area contributed by atoms with Crippen LogP contribution in [-0.2, 0) is 33.2 Å². The van der Waals surface area contributed by atoms with Gasteiger partial charge in [-0.05, 0) is 12.1 Å². The smallest absolute Gasteiger partial charge is 0.438 e. The summed E-state index contributed by atoms with van der Waals surface area (Å²) < 4.78 is 36.6. The van der Waals surface area contributed by atoms with Crippen molar-refractivity contribution >= 4 is 36.1 Å². The van der Waals surface area contributed by atoms with Gasteiger partial charge in [0.2, 0.25) is 5.60 Å². The van der Waals surface area contributed by atoms with Crippen molar-refractivity contribution in [1.82, 2.24) is 19.5 Å². The molecule has 0 radical (unpaired) electrons. The highest BCUT2D eigenvalue weighted by Gasteiger charge is 2.62. The van der Waals surface area contributed by atoms with Crippen LogP contribution in [0.5, 0.6) is 0 Å². The van der Waals surface area contributed by atoms with Gasteiger partial charge in [-0.15, -0.1) is 0 Å². The molecule has 1 aliphatic heterocycles. The number of fused-ring (bicyclic) bond motifs is 1. The Morgan fingerprint density at radius 1 is 1.16 bits per heavy atom. The predicted molar refractivity (Wildman–Crippen MR) is 120 cm³/mol. The fraction of sp³-hybridized carbons (Fsp3) is 0.476. The second-order valence-corrected chi connectivity index (χ2v) is 7.66. The van der Waals surface area contributed by atoms with Crippen molar-refractivity contribution < 1.29 is 47.5 Å². The molecule has 0 N–H and O–H groups in total. The molecule has 37 heavy (non-hydrogen) atoms. The molecule has 0 aliphatic carbocycles. The van der Waals surface area contributed by atoms with E-state index in [1.54, 1.807) is 31.1 Å². The highest BCUT2D eigenvalue weighted by atomic mass is 16.8. The molecule has 4 atom stereocenters. The molecule has 2 aromatic rings. The molecule has 0 saturated carbocycles. The van der Waals surface area contributed by atoms with Crippen molar-refractivity contribution in [2.24, 2.45) is 4.99 Å². The van der Waals surface area contributed by atoms with Gasteiger partial charge < -0.3 is 38.1 Å². The van der Waals surface area contributed by atoms with Crippen LogP contribution in [-0.4, -0.2) is 104 Å². The Morgan fingerprint density at radius 3 is 2.46 bits per heavy atom. The van der Waals surface area contributed by atoms with E-state index in [-0.39, 0.29) is 5.69 Å². The Labute approximate surface area is 210 Å². The molecule has 16 nitrogen and oxygen atoms in total. The van der Waals surface area contributed by atoms with E-state index in [0.29, 0.717) is 11.3 Å². The van der Waals surface area contributed by atoms with Crippen LogP contribution in [0, 0.1) is 11.3 Å². The van der Waals surface area contributed by atoms with Gasteiger partial charge in [-0.25, -0.2) is 28.9 Å². The van der Waals surface area contributed by atoms with E-state index < -0.39 is 49.0 Å². The van der Waals surface area contributed by atoms with Crippen molar-refractivity contribution in [2.45, 2.75) is 23.9 Å². The quantitative estimate of drug-likeness (QED) is 0.220. The fourth-order valence-electron chi connectivity index (χ4n) is 3.50. The largest absolute Gasteiger partial charge is 0.508 e. The summed E-state index contributed by atoms with van der Waals surface area (Å²) in [6.45, 7) is -0.758. The first-order valence-corrected chi connectivity index (χ1v) is 10.5. The molecule has 0 aromatic carbocycles. The number of hydrogen-bond donors (Lipinski definition) is 0. The summed E-state index contributed by atoms with van der Waals surface area (Å²) in [5.41, 5.74) is -1.45. The van der Waals surface area contributed by atoms with Crippen LogP contribution < -0.4 is 0 Å². The first-order chi connectivity index (χ1) is 17.7. The molecule has 0 amide bonds. The van der Waals surface area contributed by atoms with E-state index in [9.17, 15) is 19.6 Å². The van der Waals surface area contributed by atoms with E-state index in [1.165, 1.54) is 17.2 Å². The summed E-state index contributed by atoms with van der Waals surface area (Å²) in [6.07, 6.45) is -5.13. The van der Waals surface area contributed by atoms with Gasteiger partial charge in [0, 0.05) is 14.1 Å². The van der Waals surface area contributed by atoms with Crippen molar-refractivity contribution in [1.29, 1.82) is 5.26 Å². The van der Waals surface area contributed by atoms with E-state index in [1.807, 2.05) is 6.07 Å². The van der Waals surface area contributed by atoms with Crippen LogP contribution in [0.4, 0.5) is 20.2 Å². The maximum atomic E-state index is 12.1. The van der Waals surface area contributed by atoms with E-state index in [0.717, 1.165) is 21.3 Å². The lowest BCUT2D eigenvalue weighted by Gasteiger charge is -2.27. The summed E-state index contributed by atoms with van der Waals surface area (Å²) in [5, 5.41) is 14.3. The van der Waals surface area contributed by atoms with Gasteiger partial charge in [-0.3, -0.25) is 0 Å². The van der Waals surface area contributed by atoms with E-state index >= 15 is 0 Å². The van der Waals surface area contributed by atoms with Crippen LogP contribution in [0.1, 0.15) is 11.8 Å². The molecule has 1 fully saturated rings. The summed E-state index contributed by atoms with van der Waals surface area (Å²) in [7, 11) is 6.74. The molecule has 198 valence electrons. The van der Waals surface area contributed by atoms with Crippen molar-refractivity contribution in [3.05, 3.63) is 24.2 Å². The third kappa shape index (κ3) is 5.62. The Hall–Kier alpha value is -4.65. The van der Waals surface area contributed by atoms with Crippen LogP contribution >= 0.6 is 0 Å². The van der Waals surface area contributed by atoms with E-state index in [4.69, 9.17) is 18.9 Å². The number of aliphatic imine (C=N–C) groups is 1. The van der Waals surface area contributed by atoms with E-state index in [2.05, 4.69) is 29.3 Å². The number of carbonyl (C=O) groups excluding carboxylic acids is 3. The molecule has 16 heteroatoms. The average Bonchev–Trinajstić information content (AvgIpc) is 3.45. The summed E-state index contributed by atoms with van der Waals surface area (Å²) in [4.78, 5) is 46.1. The van der Waals surface area contributed by atoms with Gasteiger partial charge in [-0.2, -0.15) is 10.4 Å². The van der Waals surface area contributed by atoms with Gasteiger partial charge in [-0.1, -0.05) is 0 Å². The van der Waals surface area contributed by atoms with Gasteiger partial charge >= 0.3 is 18.5 Å². The third-order valence-corrected chi connectivity index (χ3v) is 5.11. The Kier molecular flexibility index (Phi) is 8.30. The topological polar surface area (TPSA) is 185 Å². The van der Waals surface area contributed by atoms with Crippen molar-refractivity contribution in [3.8, 4) is 6.07 Å². The van der Waals surface area contributed by atoms with Gasteiger partial charge in [0.25, 0.3) is 0 Å². The molecule has 0 bridgehead atoms. The molecule has 1 saturated heterocycles. The maximum absolute atomic E-state index is 12.1. The Morgan fingerprint density at radius 2 is 1.84 bits per heavy atom. The SMILES string of the molecule is COC(=O)OC[C@@]1(C#N)O[C@@H](c2ccc3c(/N=C\N(C)C)ncnn23)[C@H](OC(=O)OC)[C@@H]1OC(=O)OC. The zero-order chi connectivity index (χ0) is 27.2. The molecule has 2 aromatic heterocycles. The Bertz CT molecular complexity index is 1220. The number of rotatable bonds is 7. The van der Waals surface area contributed by atoms with Crippen LogP contribution in [0.2, 0.25) is 0 Å². The lowest BCUT2D eigenvalue weighted by Crippen LogP contribution is -2.49. The standard InChI is InChI=1S/C21H24N6O10/c1-26(2)11-24-17-13-7-6-12(27(13)25-10-23-17)14-15(35-19(29)32-4)16(36-20(30)33-5)21(8-22,37-14)9-34-18(28)31-3/h6-7,10-11,14-16H,9H2,1-5H3/b24-11-/t14-,15-,16-,21+/m0/s1. The number of methoxy groups -OCH3 is 3. The minimum atomic E-state index is -2.16. The minimum absolute atomic E-state index is 0.265. The lowest BCUT2D eigenvalue weighted by atomic mass is 9.95. The van der Waals surface area contributed by atoms with Gasteiger partial charge in [0.15, 0.2) is 18.0 Å². The molecule has 1 aliphatic rings. The summed E-state index contributed by atoms with van der Waals surface area (Å²) in [6, 6.07) is 5.05. The zero-order valence-corrected chi connectivity index (χ0v) is 20.5. The predicted octanol–water partition coefficient (Wildman–Crippen LogP) is 1.37. The van der Waals surface area contributed by atoms with Gasteiger partial charge in [0.1, 0.15) is 30.6 Å². The number of nitriles is 1. The number of nitrogens with zero attached hydrogens (tertiary/aromatic N) is 6. The normalized spacial score (nSPS) is 22.8. The maximum Gasteiger partial charge on any atom is 0.508 e. The molecule has 0 spiro atoms. The van der Waals surface area contributed by atoms with Crippen LogP contribution in [0.3, 0.4) is 0 Å². The molecule has 3 rings (SSSR count). The average molecular weight is 520 g/mol. The first kappa shape index (κ1) is 26.9. The Balaban J connectivity index is 2.14. The monoisotopic (exact) mass is 520 g/mol. The summed E-state index contributed by atoms with van der Waals surface area (Å²) >= 11 is 0. The lowest BCUT2D eigenvalue weighted by molar-refractivity contribution is -0.0933. The fourth-order valence-corrected chi connectivity index (χ4v) is 3.50. The molecular formula is C21H24N6O10. The van der Waals surface area contributed by atoms with Crippen molar-refractivity contribution in [2.75, 3.05) is 42.0 Å². The molecule has 3 heterocycles. The first-order valence-electron chi connectivity index (χ1n) is 10.5. The zero-order valence-electron chi connectivity index (χ0n) is 20.5. The molecular weight excluding hydrogens is 496 g/mol. The minimum Gasteiger partial charge on any atom is -0.438 e. The molecule has 0 unspecified atom stereocenters. The number of aromatic nitrogens is 3. The highest BCUT2D eigenvalue weighted by Crippen LogP contribution is 2.44. The second kappa shape index (κ2) is 11.4. The highest BCUT2D eigenvalue weighted by molar-refractivity contribution is 5.71. The second-order valence-electron chi connectivity index (χ2n) is 7.66. The van der Waals surface area contributed by atoms with Crippen LogP contribution in [0.25, 0.3) is 5.52 Å². The van der Waals surface area contributed by atoms with Gasteiger partial charge in [0.05, 0.1) is 33.4 Å². The van der Waals surface area contributed by atoms with Crippen molar-refractivity contribution in [3.63, 3.8) is 0 Å². The number of ether oxygens (including phenoxy) is 7. The van der Waals surface area contributed by atoms with Crippen LogP contribution in [0.15, 0.2) is 23.5 Å². The number of hydrogen-bond acceptors (Lipinski definition) is 14. The summed E-state index contributed by atoms with van der Waals surface area (Å²) in [5.74, 6) is 0.307.